The van der Waals surface area contributed by atoms with E-state index in [-0.39, 0.29) is 11.3 Å². The number of nitrogens with zero attached hydrogens (tertiary/aromatic N) is 2. The lowest BCUT2D eigenvalue weighted by Crippen LogP contribution is -2.10. The molecule has 1 aromatic rings. The number of ether oxygens (including phenoxy) is 1. The fourth-order valence-corrected chi connectivity index (χ4v) is 1.86. The molecular formula is C11H17ClN2O. The van der Waals surface area contributed by atoms with E-state index in [9.17, 15) is 0 Å². The summed E-state index contributed by atoms with van der Waals surface area (Å²) < 4.78 is 5.33. The third kappa shape index (κ3) is 3.34. The first-order valence-corrected chi connectivity index (χ1v) is 5.71. The van der Waals surface area contributed by atoms with Crippen LogP contribution >= 0.6 is 11.6 Å². The zero-order chi connectivity index (χ0) is 11.3. The molecule has 0 fully saturated rings. The monoisotopic (exact) mass is 228 g/mol. The van der Waals surface area contributed by atoms with Gasteiger partial charge in [0.25, 0.3) is 0 Å². The van der Waals surface area contributed by atoms with Crippen molar-refractivity contribution >= 4 is 11.6 Å². The molecule has 0 aliphatic heterocycles. The molecule has 0 saturated heterocycles. The lowest BCUT2D eigenvalue weighted by atomic mass is 9.99. The molecule has 0 amide bonds. The Balaban J connectivity index is 2.87. The van der Waals surface area contributed by atoms with E-state index < -0.39 is 0 Å². The van der Waals surface area contributed by atoms with E-state index in [4.69, 9.17) is 16.3 Å². The number of aromatic nitrogens is 2. The van der Waals surface area contributed by atoms with E-state index >= 15 is 0 Å². The summed E-state index contributed by atoms with van der Waals surface area (Å²) in [5, 5.41) is 0.0689. The summed E-state index contributed by atoms with van der Waals surface area (Å²) in [6.07, 6.45) is 2.50. The Morgan fingerprint density at radius 2 is 2.13 bits per heavy atom. The second-order valence-electron chi connectivity index (χ2n) is 3.41. The Morgan fingerprint density at radius 3 is 2.67 bits per heavy atom. The average molecular weight is 229 g/mol. The van der Waals surface area contributed by atoms with Crippen LogP contribution in [-0.4, -0.2) is 22.0 Å². The summed E-state index contributed by atoms with van der Waals surface area (Å²) in [6.45, 7) is 6.64. The number of hydrogen-bond donors (Lipinski definition) is 0. The van der Waals surface area contributed by atoms with E-state index in [1.165, 1.54) is 6.33 Å². The maximum atomic E-state index is 6.11. The van der Waals surface area contributed by atoms with Crippen molar-refractivity contribution in [3.8, 4) is 5.88 Å². The summed E-state index contributed by atoms with van der Waals surface area (Å²) >= 11 is 6.11. The van der Waals surface area contributed by atoms with Crippen LogP contribution < -0.4 is 4.74 Å². The van der Waals surface area contributed by atoms with Gasteiger partial charge in [-0.05, 0) is 20.3 Å². The lowest BCUT2D eigenvalue weighted by Gasteiger charge is -2.16. The predicted molar refractivity (Wildman–Crippen MR) is 61.5 cm³/mol. The predicted octanol–water partition coefficient (Wildman–Crippen LogP) is 3.00. The van der Waals surface area contributed by atoms with Crippen molar-refractivity contribution in [1.29, 1.82) is 0 Å². The first-order valence-electron chi connectivity index (χ1n) is 5.27. The molecule has 3 nitrogen and oxygen atoms in total. The van der Waals surface area contributed by atoms with Crippen LogP contribution in [0.1, 0.15) is 38.8 Å². The summed E-state index contributed by atoms with van der Waals surface area (Å²) in [5.41, 5.74) is 0.957. The van der Waals surface area contributed by atoms with Crippen molar-refractivity contribution in [2.45, 2.75) is 38.5 Å². The van der Waals surface area contributed by atoms with Gasteiger partial charge in [-0.15, -0.1) is 11.6 Å². The highest BCUT2D eigenvalue weighted by molar-refractivity contribution is 6.20. The molecule has 84 valence electrons. The summed E-state index contributed by atoms with van der Waals surface area (Å²) in [7, 11) is 0. The van der Waals surface area contributed by atoms with Crippen molar-refractivity contribution in [3.63, 3.8) is 0 Å². The largest absolute Gasteiger partial charge is 0.478 e. The minimum absolute atomic E-state index is 0.0689. The van der Waals surface area contributed by atoms with Crippen LogP contribution in [0.15, 0.2) is 12.4 Å². The van der Waals surface area contributed by atoms with Gasteiger partial charge >= 0.3 is 0 Å². The van der Waals surface area contributed by atoms with Gasteiger partial charge < -0.3 is 4.74 Å². The van der Waals surface area contributed by atoms with Crippen molar-refractivity contribution in [3.05, 3.63) is 18.1 Å². The van der Waals surface area contributed by atoms with Gasteiger partial charge in [0.1, 0.15) is 6.33 Å². The zero-order valence-corrected chi connectivity index (χ0v) is 10.2. The highest BCUT2D eigenvalue weighted by atomic mass is 35.5. The lowest BCUT2D eigenvalue weighted by molar-refractivity contribution is 0.325. The third-order valence-electron chi connectivity index (χ3n) is 2.33. The van der Waals surface area contributed by atoms with E-state index in [0.717, 1.165) is 12.1 Å². The van der Waals surface area contributed by atoms with Crippen molar-refractivity contribution < 1.29 is 4.74 Å². The van der Waals surface area contributed by atoms with Gasteiger partial charge in [0.05, 0.1) is 12.3 Å². The highest BCUT2D eigenvalue weighted by Gasteiger charge is 2.17. The Kier molecular flexibility index (Phi) is 4.82. The standard InChI is InChI=1S/C11H17ClN2O/c1-4-9(8(3)12)10-6-11(15-5-2)14-7-13-10/h6-9H,4-5H2,1-3H3. The van der Waals surface area contributed by atoms with Crippen LogP contribution in [0, 0.1) is 0 Å². The second-order valence-corrected chi connectivity index (χ2v) is 4.09. The van der Waals surface area contributed by atoms with Gasteiger partial charge in [-0.3, -0.25) is 0 Å². The third-order valence-corrected chi connectivity index (χ3v) is 2.63. The van der Waals surface area contributed by atoms with Crippen LogP contribution in [0.25, 0.3) is 0 Å². The molecule has 1 aromatic heterocycles. The van der Waals surface area contributed by atoms with E-state index in [1.807, 2.05) is 19.9 Å². The van der Waals surface area contributed by atoms with Gasteiger partial charge in [-0.2, -0.15) is 0 Å². The molecular weight excluding hydrogens is 212 g/mol. The van der Waals surface area contributed by atoms with Gasteiger partial charge in [-0.25, -0.2) is 9.97 Å². The fourth-order valence-electron chi connectivity index (χ4n) is 1.55. The van der Waals surface area contributed by atoms with Gasteiger partial charge in [0.15, 0.2) is 0 Å². The smallest absolute Gasteiger partial charge is 0.216 e. The molecule has 1 heterocycles. The van der Waals surface area contributed by atoms with E-state index in [2.05, 4.69) is 16.9 Å². The molecule has 15 heavy (non-hydrogen) atoms. The minimum atomic E-state index is 0.0689. The topological polar surface area (TPSA) is 35.0 Å². The second kappa shape index (κ2) is 5.91. The Labute approximate surface area is 95.8 Å². The van der Waals surface area contributed by atoms with Gasteiger partial charge in [0.2, 0.25) is 5.88 Å². The summed E-state index contributed by atoms with van der Waals surface area (Å²) in [5.74, 6) is 0.882. The van der Waals surface area contributed by atoms with Crippen molar-refractivity contribution in [2.75, 3.05) is 6.61 Å². The molecule has 4 heteroatoms. The molecule has 2 atom stereocenters. The molecule has 0 aliphatic carbocycles. The van der Waals surface area contributed by atoms with Gasteiger partial charge in [0, 0.05) is 17.4 Å². The average Bonchev–Trinajstić information content (AvgIpc) is 2.19. The van der Waals surface area contributed by atoms with E-state index in [0.29, 0.717) is 12.5 Å². The van der Waals surface area contributed by atoms with Gasteiger partial charge in [-0.1, -0.05) is 6.92 Å². The maximum Gasteiger partial charge on any atom is 0.216 e. The molecule has 0 saturated carbocycles. The summed E-state index contributed by atoms with van der Waals surface area (Å²) in [6, 6.07) is 1.87. The Morgan fingerprint density at radius 1 is 1.40 bits per heavy atom. The minimum Gasteiger partial charge on any atom is -0.478 e. The SMILES string of the molecule is CCOc1cc(C(CC)C(C)Cl)ncn1. The molecule has 0 spiro atoms. The van der Waals surface area contributed by atoms with Crippen LogP contribution in [0.5, 0.6) is 5.88 Å². The number of alkyl halides is 1. The molecule has 1 rings (SSSR count). The normalized spacial score (nSPS) is 14.7. The Bertz CT molecular complexity index is 304. The maximum absolute atomic E-state index is 6.11. The number of rotatable bonds is 5. The van der Waals surface area contributed by atoms with Crippen LogP contribution in [0.4, 0.5) is 0 Å². The number of hydrogen-bond acceptors (Lipinski definition) is 3. The Hall–Kier alpha value is -0.830. The van der Waals surface area contributed by atoms with Crippen LogP contribution in [0.2, 0.25) is 0 Å². The molecule has 0 aromatic carbocycles. The van der Waals surface area contributed by atoms with Crippen molar-refractivity contribution in [2.24, 2.45) is 0 Å². The molecule has 0 N–H and O–H groups in total. The van der Waals surface area contributed by atoms with Crippen molar-refractivity contribution in [1.82, 2.24) is 9.97 Å². The summed E-state index contributed by atoms with van der Waals surface area (Å²) in [4.78, 5) is 8.27. The number of halogens is 1. The molecule has 0 aliphatic rings. The fraction of sp³-hybridized carbons (Fsp3) is 0.636. The first-order chi connectivity index (χ1) is 7.19. The van der Waals surface area contributed by atoms with Crippen LogP contribution in [-0.2, 0) is 0 Å². The zero-order valence-electron chi connectivity index (χ0n) is 9.40. The van der Waals surface area contributed by atoms with E-state index in [1.54, 1.807) is 0 Å². The first kappa shape index (κ1) is 12.2. The quantitative estimate of drug-likeness (QED) is 0.727. The van der Waals surface area contributed by atoms with Crippen LogP contribution in [0.3, 0.4) is 0 Å². The highest BCUT2D eigenvalue weighted by Crippen LogP contribution is 2.26. The molecule has 2 unspecified atom stereocenters. The molecule has 0 radical (unpaired) electrons. The molecule has 0 bridgehead atoms.